The molecule has 0 aliphatic heterocycles. The highest BCUT2D eigenvalue weighted by atomic mass is 35.5. The van der Waals surface area contributed by atoms with Crippen LogP contribution in [0.25, 0.3) is 0 Å². The van der Waals surface area contributed by atoms with Crippen molar-refractivity contribution in [3.8, 4) is 5.75 Å². The molecule has 0 aliphatic carbocycles. The van der Waals surface area contributed by atoms with Crippen molar-refractivity contribution in [2.75, 3.05) is 13.2 Å². The maximum atomic E-state index is 9.63. The van der Waals surface area contributed by atoms with Crippen LogP contribution in [0.4, 0.5) is 0 Å². The minimum absolute atomic E-state index is 0.0446. The summed E-state index contributed by atoms with van der Waals surface area (Å²) in [5.74, 6) is 0.252. The zero-order chi connectivity index (χ0) is 12.9. The maximum Gasteiger partial charge on any atom is 0.120 e. The number of halogens is 1. The number of hydrogen-bond donors (Lipinski definition) is 3. The van der Waals surface area contributed by atoms with Crippen LogP contribution < -0.4 is 5.32 Å². The minimum atomic E-state index is 0.0446. The van der Waals surface area contributed by atoms with E-state index in [2.05, 4.69) is 19.2 Å². The minimum Gasteiger partial charge on any atom is -0.508 e. The predicted octanol–water partition coefficient (Wildman–Crippen LogP) is 2.54. The van der Waals surface area contributed by atoms with E-state index in [1.807, 2.05) is 0 Å². The predicted molar refractivity (Wildman–Crippen MR) is 70.3 cm³/mol. The van der Waals surface area contributed by atoms with Gasteiger partial charge in [-0.05, 0) is 30.0 Å². The summed E-state index contributed by atoms with van der Waals surface area (Å²) in [5.41, 5.74) is 0.834. The van der Waals surface area contributed by atoms with Gasteiger partial charge in [0.25, 0.3) is 0 Å². The average molecular weight is 258 g/mol. The number of aliphatic hydroxyl groups is 1. The Labute approximate surface area is 107 Å². The summed E-state index contributed by atoms with van der Waals surface area (Å²) in [5, 5.41) is 22.4. The second kappa shape index (κ2) is 6.24. The first-order chi connectivity index (χ1) is 7.94. The summed E-state index contributed by atoms with van der Waals surface area (Å²) in [6.07, 6.45) is 0.752. The monoisotopic (exact) mass is 257 g/mol. The van der Waals surface area contributed by atoms with Crippen LogP contribution in [0.15, 0.2) is 18.2 Å². The molecule has 0 amide bonds. The molecule has 0 atom stereocenters. The maximum absolute atomic E-state index is 9.63. The molecule has 96 valence electrons. The van der Waals surface area contributed by atoms with E-state index in [9.17, 15) is 5.11 Å². The highest BCUT2D eigenvalue weighted by Gasteiger charge is 2.16. The van der Waals surface area contributed by atoms with E-state index >= 15 is 0 Å². The van der Waals surface area contributed by atoms with E-state index in [0.717, 1.165) is 18.5 Å². The van der Waals surface area contributed by atoms with Crippen molar-refractivity contribution in [3.63, 3.8) is 0 Å². The lowest BCUT2D eigenvalue weighted by molar-refractivity contribution is 0.207. The number of benzene rings is 1. The quantitative estimate of drug-likeness (QED) is 0.734. The molecule has 1 rings (SSSR count). The van der Waals surface area contributed by atoms with Crippen molar-refractivity contribution < 1.29 is 10.2 Å². The van der Waals surface area contributed by atoms with Gasteiger partial charge in [-0.3, -0.25) is 0 Å². The number of aromatic hydroxyl groups is 1. The van der Waals surface area contributed by atoms with E-state index in [-0.39, 0.29) is 17.8 Å². The Balaban J connectivity index is 2.48. The molecular formula is C13H20ClNO2. The number of hydrogen-bond acceptors (Lipinski definition) is 3. The zero-order valence-electron chi connectivity index (χ0n) is 10.3. The van der Waals surface area contributed by atoms with E-state index in [4.69, 9.17) is 16.7 Å². The molecule has 0 unspecified atom stereocenters. The Kier molecular flexibility index (Phi) is 5.25. The van der Waals surface area contributed by atoms with Gasteiger partial charge in [-0.15, -0.1) is 0 Å². The average Bonchev–Trinajstić information content (AvgIpc) is 2.23. The highest BCUT2D eigenvalue weighted by molar-refractivity contribution is 6.30. The summed E-state index contributed by atoms with van der Waals surface area (Å²) in [6, 6.07) is 5.01. The molecule has 0 radical (unpaired) electrons. The molecule has 4 heteroatoms. The van der Waals surface area contributed by atoms with Crippen LogP contribution in [0.1, 0.15) is 25.8 Å². The Hall–Kier alpha value is -0.770. The summed E-state index contributed by atoms with van der Waals surface area (Å²) in [4.78, 5) is 0. The molecule has 0 heterocycles. The van der Waals surface area contributed by atoms with Crippen molar-refractivity contribution in [2.24, 2.45) is 5.41 Å². The van der Waals surface area contributed by atoms with Gasteiger partial charge in [-0.25, -0.2) is 0 Å². The first kappa shape index (κ1) is 14.3. The standard InChI is InChI=1S/C13H20ClNO2/c1-13(2,5-6-16)9-15-8-10-7-11(14)3-4-12(10)17/h3-4,7,15-17H,5-6,8-9H2,1-2H3. The van der Waals surface area contributed by atoms with Gasteiger partial charge in [0.2, 0.25) is 0 Å². The third kappa shape index (κ3) is 4.94. The normalized spacial score (nSPS) is 11.8. The lowest BCUT2D eigenvalue weighted by Gasteiger charge is -2.24. The first-order valence-electron chi connectivity index (χ1n) is 5.73. The van der Waals surface area contributed by atoms with Crippen LogP contribution in [0.5, 0.6) is 5.75 Å². The third-order valence-electron chi connectivity index (χ3n) is 2.75. The fourth-order valence-electron chi connectivity index (χ4n) is 1.62. The molecule has 0 spiro atoms. The van der Waals surface area contributed by atoms with Gasteiger partial charge in [0, 0.05) is 30.3 Å². The molecule has 0 saturated heterocycles. The Bertz CT molecular complexity index is 366. The molecule has 0 saturated carbocycles. The second-order valence-electron chi connectivity index (χ2n) is 5.01. The van der Waals surface area contributed by atoms with Crippen LogP contribution in [0.2, 0.25) is 5.02 Å². The number of aliphatic hydroxyl groups excluding tert-OH is 1. The summed E-state index contributed by atoms with van der Waals surface area (Å²) < 4.78 is 0. The molecule has 0 aliphatic rings. The summed E-state index contributed by atoms with van der Waals surface area (Å²) >= 11 is 5.86. The number of rotatable bonds is 6. The highest BCUT2D eigenvalue weighted by Crippen LogP contribution is 2.22. The number of phenolic OH excluding ortho intramolecular Hbond substituents is 1. The van der Waals surface area contributed by atoms with Gasteiger partial charge in [0.05, 0.1) is 0 Å². The fourth-order valence-corrected chi connectivity index (χ4v) is 1.82. The summed E-state index contributed by atoms with van der Waals surface area (Å²) in [6.45, 7) is 5.72. The molecule has 3 nitrogen and oxygen atoms in total. The third-order valence-corrected chi connectivity index (χ3v) is 2.98. The SMILES string of the molecule is CC(C)(CCO)CNCc1cc(Cl)ccc1O. The van der Waals surface area contributed by atoms with E-state index < -0.39 is 0 Å². The van der Waals surface area contributed by atoms with E-state index in [0.29, 0.717) is 11.6 Å². The lowest BCUT2D eigenvalue weighted by Crippen LogP contribution is -2.29. The van der Waals surface area contributed by atoms with Crippen molar-refractivity contribution >= 4 is 11.6 Å². The number of nitrogens with one attached hydrogen (secondary N) is 1. The molecule has 1 aromatic carbocycles. The zero-order valence-corrected chi connectivity index (χ0v) is 11.1. The first-order valence-corrected chi connectivity index (χ1v) is 6.11. The van der Waals surface area contributed by atoms with Gasteiger partial charge >= 0.3 is 0 Å². The Morgan fingerprint density at radius 1 is 1.35 bits per heavy atom. The topological polar surface area (TPSA) is 52.5 Å². The summed E-state index contributed by atoms with van der Waals surface area (Å²) in [7, 11) is 0. The van der Waals surface area contributed by atoms with Gasteiger partial charge in [-0.2, -0.15) is 0 Å². The lowest BCUT2D eigenvalue weighted by atomic mass is 9.90. The molecule has 3 N–H and O–H groups in total. The Morgan fingerprint density at radius 3 is 2.71 bits per heavy atom. The molecule has 0 bridgehead atoms. The molecule has 17 heavy (non-hydrogen) atoms. The largest absolute Gasteiger partial charge is 0.508 e. The Morgan fingerprint density at radius 2 is 2.06 bits per heavy atom. The van der Waals surface area contributed by atoms with Gasteiger partial charge < -0.3 is 15.5 Å². The molecular weight excluding hydrogens is 238 g/mol. The van der Waals surface area contributed by atoms with Crippen molar-refractivity contribution in [2.45, 2.75) is 26.8 Å². The van der Waals surface area contributed by atoms with E-state index in [1.165, 1.54) is 0 Å². The smallest absolute Gasteiger partial charge is 0.120 e. The van der Waals surface area contributed by atoms with Crippen LogP contribution in [-0.2, 0) is 6.54 Å². The molecule has 1 aromatic rings. The van der Waals surface area contributed by atoms with Gasteiger partial charge in [0.1, 0.15) is 5.75 Å². The van der Waals surface area contributed by atoms with E-state index in [1.54, 1.807) is 18.2 Å². The molecule has 0 fully saturated rings. The molecule has 0 aromatic heterocycles. The van der Waals surface area contributed by atoms with Crippen LogP contribution >= 0.6 is 11.6 Å². The number of phenols is 1. The van der Waals surface area contributed by atoms with Crippen LogP contribution in [0.3, 0.4) is 0 Å². The van der Waals surface area contributed by atoms with Gasteiger partial charge in [0.15, 0.2) is 0 Å². The van der Waals surface area contributed by atoms with Gasteiger partial charge in [-0.1, -0.05) is 25.4 Å². The van der Waals surface area contributed by atoms with Crippen molar-refractivity contribution in [3.05, 3.63) is 28.8 Å². The van der Waals surface area contributed by atoms with Crippen molar-refractivity contribution in [1.82, 2.24) is 5.32 Å². The van der Waals surface area contributed by atoms with Crippen LogP contribution in [0, 0.1) is 5.41 Å². The van der Waals surface area contributed by atoms with Crippen LogP contribution in [-0.4, -0.2) is 23.4 Å². The van der Waals surface area contributed by atoms with Crippen molar-refractivity contribution in [1.29, 1.82) is 0 Å². The second-order valence-corrected chi connectivity index (χ2v) is 5.45. The fraction of sp³-hybridized carbons (Fsp3) is 0.538.